The van der Waals surface area contributed by atoms with E-state index in [2.05, 4.69) is 4.74 Å². The summed E-state index contributed by atoms with van der Waals surface area (Å²) < 4.78 is 9.24. The number of rotatable bonds is 7. The van der Waals surface area contributed by atoms with Crippen molar-refractivity contribution >= 4 is 12.4 Å². The Labute approximate surface area is 83.9 Å². The van der Waals surface area contributed by atoms with E-state index in [0.717, 1.165) is 6.42 Å². The zero-order chi connectivity index (χ0) is 10.8. The van der Waals surface area contributed by atoms with Crippen LogP contribution in [0.15, 0.2) is 12.2 Å². The third-order valence-electron chi connectivity index (χ3n) is 1.52. The van der Waals surface area contributed by atoms with Crippen molar-refractivity contribution in [2.45, 2.75) is 32.8 Å². The maximum Gasteiger partial charge on any atom is 0.347 e. The second-order valence-corrected chi connectivity index (χ2v) is 2.71. The largest absolute Gasteiger partial charge is 0.463 e. The van der Waals surface area contributed by atoms with Crippen LogP contribution in [0.25, 0.3) is 0 Å². The van der Waals surface area contributed by atoms with Crippen LogP contribution in [-0.4, -0.2) is 25.2 Å². The molecule has 0 aliphatic carbocycles. The molecule has 0 aromatic carbocycles. The van der Waals surface area contributed by atoms with Gasteiger partial charge in [-0.25, -0.2) is 4.79 Å². The lowest BCUT2D eigenvalue weighted by molar-refractivity contribution is -0.160. The molecule has 0 aromatic heterocycles. The van der Waals surface area contributed by atoms with Crippen molar-refractivity contribution in [3.05, 3.63) is 12.2 Å². The number of hydrogen-bond donors (Lipinski definition) is 0. The number of allylic oxidation sites excluding steroid dienone is 1. The van der Waals surface area contributed by atoms with Crippen molar-refractivity contribution in [3.63, 3.8) is 0 Å². The van der Waals surface area contributed by atoms with Crippen molar-refractivity contribution in [1.29, 1.82) is 0 Å². The quantitative estimate of drug-likeness (QED) is 0.270. The lowest BCUT2D eigenvalue weighted by Crippen LogP contribution is -2.23. The van der Waals surface area contributed by atoms with Crippen molar-refractivity contribution in [3.8, 4) is 0 Å². The van der Waals surface area contributed by atoms with E-state index in [9.17, 15) is 9.59 Å². The molecule has 14 heavy (non-hydrogen) atoms. The maximum atomic E-state index is 11.0. The Balaban J connectivity index is 3.53. The van der Waals surface area contributed by atoms with E-state index in [-0.39, 0.29) is 6.47 Å². The van der Waals surface area contributed by atoms with Gasteiger partial charge in [-0.15, -0.1) is 0 Å². The summed E-state index contributed by atoms with van der Waals surface area (Å²) in [4.78, 5) is 20.9. The first kappa shape index (κ1) is 12.7. The molecular weight excluding hydrogens is 184 g/mol. The molecule has 80 valence electrons. The summed E-state index contributed by atoms with van der Waals surface area (Å²) >= 11 is 0. The molecule has 4 nitrogen and oxygen atoms in total. The molecule has 1 atom stereocenters. The van der Waals surface area contributed by atoms with Crippen molar-refractivity contribution in [2.24, 2.45) is 0 Å². The molecule has 0 amide bonds. The third-order valence-corrected chi connectivity index (χ3v) is 1.52. The highest BCUT2D eigenvalue weighted by Crippen LogP contribution is 1.94. The van der Waals surface area contributed by atoms with Crippen LogP contribution in [-0.2, 0) is 19.1 Å². The van der Waals surface area contributed by atoms with Gasteiger partial charge in [-0.05, 0) is 19.8 Å². The van der Waals surface area contributed by atoms with Gasteiger partial charge in [0, 0.05) is 0 Å². The highest BCUT2D eigenvalue weighted by Gasteiger charge is 2.13. The number of ether oxygens (including phenoxy) is 2. The number of carbonyl (C=O) groups excluding carboxylic acids is 2. The lowest BCUT2D eigenvalue weighted by Gasteiger charge is -2.08. The molecule has 4 heteroatoms. The Hall–Kier alpha value is -1.32. The van der Waals surface area contributed by atoms with Crippen molar-refractivity contribution in [1.82, 2.24) is 0 Å². The predicted octanol–water partition coefficient (Wildman–Crippen LogP) is 1.45. The Kier molecular flexibility index (Phi) is 7.50. The normalized spacial score (nSPS) is 12.4. The van der Waals surface area contributed by atoms with Gasteiger partial charge in [0.15, 0.2) is 6.10 Å². The number of esters is 1. The van der Waals surface area contributed by atoms with E-state index < -0.39 is 12.1 Å². The van der Waals surface area contributed by atoms with E-state index in [1.165, 1.54) is 6.92 Å². The van der Waals surface area contributed by atoms with E-state index >= 15 is 0 Å². The molecule has 0 rings (SSSR count). The standard InChI is InChI=1S/C10H16O4/c1-3-4-5-6-7-13-10(12)9(2)14-8-11/h4-5,8-9H,3,6-7H2,1-2H3/b5-4-. The van der Waals surface area contributed by atoms with Gasteiger partial charge in [-0.2, -0.15) is 0 Å². The van der Waals surface area contributed by atoms with Gasteiger partial charge in [0.25, 0.3) is 6.47 Å². The fourth-order valence-corrected chi connectivity index (χ4v) is 0.768. The molecule has 0 heterocycles. The van der Waals surface area contributed by atoms with Gasteiger partial charge >= 0.3 is 5.97 Å². The summed E-state index contributed by atoms with van der Waals surface area (Å²) in [6.07, 6.45) is 4.78. The zero-order valence-electron chi connectivity index (χ0n) is 8.56. The summed E-state index contributed by atoms with van der Waals surface area (Å²) in [5, 5.41) is 0. The third kappa shape index (κ3) is 6.22. The van der Waals surface area contributed by atoms with Crippen LogP contribution in [0, 0.1) is 0 Å². The average molecular weight is 200 g/mol. The molecule has 0 aromatic rings. The predicted molar refractivity (Wildman–Crippen MR) is 51.6 cm³/mol. The van der Waals surface area contributed by atoms with Crippen LogP contribution >= 0.6 is 0 Å². The maximum absolute atomic E-state index is 11.0. The summed E-state index contributed by atoms with van der Waals surface area (Å²) in [6.45, 7) is 4.06. The fraction of sp³-hybridized carbons (Fsp3) is 0.600. The minimum atomic E-state index is -0.817. The molecular formula is C10H16O4. The van der Waals surface area contributed by atoms with Crippen molar-refractivity contribution in [2.75, 3.05) is 6.61 Å². The highest BCUT2D eigenvalue weighted by atomic mass is 16.6. The minimum Gasteiger partial charge on any atom is -0.463 e. The lowest BCUT2D eigenvalue weighted by atomic mass is 10.3. The van der Waals surface area contributed by atoms with Crippen LogP contribution in [0.3, 0.4) is 0 Å². The summed E-state index contributed by atoms with van der Waals surface area (Å²) in [6, 6.07) is 0. The van der Waals surface area contributed by atoms with E-state index in [4.69, 9.17) is 4.74 Å². The van der Waals surface area contributed by atoms with Gasteiger partial charge in [0.1, 0.15) is 0 Å². The number of hydrogen-bond acceptors (Lipinski definition) is 4. The number of carbonyl (C=O) groups is 2. The topological polar surface area (TPSA) is 52.6 Å². The smallest absolute Gasteiger partial charge is 0.347 e. The zero-order valence-corrected chi connectivity index (χ0v) is 8.56. The molecule has 0 N–H and O–H groups in total. The molecule has 0 bridgehead atoms. The fourth-order valence-electron chi connectivity index (χ4n) is 0.768. The first-order valence-corrected chi connectivity index (χ1v) is 4.63. The van der Waals surface area contributed by atoms with E-state index in [1.807, 2.05) is 19.1 Å². The first-order chi connectivity index (χ1) is 6.72. The second-order valence-electron chi connectivity index (χ2n) is 2.71. The Morgan fingerprint density at radius 1 is 1.43 bits per heavy atom. The Morgan fingerprint density at radius 2 is 2.14 bits per heavy atom. The van der Waals surface area contributed by atoms with Crippen LogP contribution in [0.1, 0.15) is 26.7 Å². The molecule has 0 aliphatic heterocycles. The molecule has 1 unspecified atom stereocenters. The van der Waals surface area contributed by atoms with Gasteiger partial charge in [-0.1, -0.05) is 19.1 Å². The monoisotopic (exact) mass is 200 g/mol. The molecule has 0 aliphatic rings. The van der Waals surface area contributed by atoms with Crippen LogP contribution in [0.4, 0.5) is 0 Å². The van der Waals surface area contributed by atoms with Crippen molar-refractivity contribution < 1.29 is 19.1 Å². The summed E-state index contributed by atoms with van der Waals surface area (Å²) in [5.74, 6) is -0.512. The molecule has 0 saturated carbocycles. The first-order valence-electron chi connectivity index (χ1n) is 4.63. The molecule has 0 saturated heterocycles. The van der Waals surface area contributed by atoms with Gasteiger partial charge in [0.05, 0.1) is 6.61 Å². The second kappa shape index (κ2) is 8.29. The van der Waals surface area contributed by atoms with Crippen LogP contribution in [0.5, 0.6) is 0 Å². The summed E-state index contributed by atoms with van der Waals surface area (Å²) in [5.41, 5.74) is 0. The van der Waals surface area contributed by atoms with Crippen LogP contribution in [0.2, 0.25) is 0 Å². The highest BCUT2D eigenvalue weighted by molar-refractivity contribution is 5.75. The SMILES string of the molecule is CC/C=C\CCOC(=O)C(C)OC=O. The van der Waals surface area contributed by atoms with Crippen LogP contribution < -0.4 is 0 Å². The van der Waals surface area contributed by atoms with E-state index in [1.54, 1.807) is 0 Å². The molecule has 0 radical (unpaired) electrons. The molecule has 0 spiro atoms. The van der Waals surface area contributed by atoms with Gasteiger partial charge in [0.2, 0.25) is 0 Å². The minimum absolute atomic E-state index is 0.239. The van der Waals surface area contributed by atoms with E-state index in [0.29, 0.717) is 13.0 Å². The van der Waals surface area contributed by atoms with Gasteiger partial charge < -0.3 is 9.47 Å². The Morgan fingerprint density at radius 3 is 2.71 bits per heavy atom. The summed E-state index contributed by atoms with van der Waals surface area (Å²) in [7, 11) is 0. The average Bonchev–Trinajstić information content (AvgIpc) is 2.17. The molecule has 0 fully saturated rings. The van der Waals surface area contributed by atoms with Gasteiger partial charge in [-0.3, -0.25) is 4.79 Å². The Bertz CT molecular complexity index is 198.